The van der Waals surface area contributed by atoms with E-state index in [0.29, 0.717) is 11.3 Å². The molecular formula is C17H16N4O2S. The summed E-state index contributed by atoms with van der Waals surface area (Å²) in [6.07, 6.45) is 2.61. The van der Waals surface area contributed by atoms with Gasteiger partial charge in [0.05, 0.1) is 22.2 Å². The van der Waals surface area contributed by atoms with Crippen LogP contribution in [0, 0.1) is 10.1 Å². The molecule has 0 aliphatic carbocycles. The van der Waals surface area contributed by atoms with Crippen LogP contribution in [0.25, 0.3) is 10.6 Å². The van der Waals surface area contributed by atoms with E-state index < -0.39 is 11.0 Å². The lowest BCUT2D eigenvalue weighted by atomic mass is 10.0. The van der Waals surface area contributed by atoms with E-state index in [9.17, 15) is 10.1 Å². The van der Waals surface area contributed by atoms with Crippen LogP contribution in [0.15, 0.2) is 48.0 Å². The molecule has 0 aliphatic rings. The highest BCUT2D eigenvalue weighted by molar-refractivity contribution is 7.13. The zero-order chi connectivity index (χ0) is 17.1. The van der Waals surface area contributed by atoms with Gasteiger partial charge >= 0.3 is 0 Å². The number of aryl methyl sites for hydroxylation is 1. The maximum absolute atomic E-state index is 11.2. The van der Waals surface area contributed by atoms with Crippen molar-refractivity contribution in [3.05, 3.63) is 75.0 Å². The van der Waals surface area contributed by atoms with Crippen LogP contribution in [0.4, 0.5) is 5.69 Å². The Morgan fingerprint density at radius 2 is 2.12 bits per heavy atom. The van der Waals surface area contributed by atoms with Crippen LogP contribution in [0.3, 0.4) is 0 Å². The van der Waals surface area contributed by atoms with E-state index in [1.54, 1.807) is 24.4 Å². The van der Waals surface area contributed by atoms with Crippen molar-refractivity contribution < 1.29 is 4.92 Å². The number of aromatic nitrogens is 2. The Kier molecular flexibility index (Phi) is 4.64. The normalized spacial score (nSPS) is 12.1. The second-order valence-corrected chi connectivity index (χ2v) is 6.12. The fraction of sp³-hybridized carbons (Fsp3) is 0.176. The average molecular weight is 340 g/mol. The van der Waals surface area contributed by atoms with E-state index in [1.807, 2.05) is 24.4 Å². The van der Waals surface area contributed by atoms with Crippen LogP contribution in [0.1, 0.15) is 29.9 Å². The number of rotatable bonds is 5. The zero-order valence-corrected chi connectivity index (χ0v) is 13.9. The first-order chi connectivity index (χ1) is 11.6. The molecule has 1 aromatic carbocycles. The van der Waals surface area contributed by atoms with Gasteiger partial charge in [0.25, 0.3) is 5.69 Å². The third-order valence-electron chi connectivity index (χ3n) is 3.73. The van der Waals surface area contributed by atoms with Crippen molar-refractivity contribution >= 4 is 17.0 Å². The van der Waals surface area contributed by atoms with Crippen molar-refractivity contribution in [3.8, 4) is 10.6 Å². The highest BCUT2D eigenvalue weighted by Gasteiger charge is 2.22. The number of pyridine rings is 1. The van der Waals surface area contributed by atoms with Crippen molar-refractivity contribution in [1.82, 2.24) is 9.97 Å². The topological polar surface area (TPSA) is 94.9 Å². The summed E-state index contributed by atoms with van der Waals surface area (Å²) in [4.78, 5) is 19.6. The van der Waals surface area contributed by atoms with Crippen molar-refractivity contribution in [3.63, 3.8) is 0 Å². The third kappa shape index (κ3) is 3.17. The second kappa shape index (κ2) is 6.86. The summed E-state index contributed by atoms with van der Waals surface area (Å²) in [6, 6.07) is 9.76. The van der Waals surface area contributed by atoms with Gasteiger partial charge in [-0.1, -0.05) is 25.1 Å². The van der Waals surface area contributed by atoms with Gasteiger partial charge in [-0.25, -0.2) is 4.98 Å². The van der Waals surface area contributed by atoms with E-state index in [0.717, 1.165) is 22.7 Å². The Labute approximate surface area is 143 Å². The molecule has 6 nitrogen and oxygen atoms in total. The summed E-state index contributed by atoms with van der Waals surface area (Å²) in [6.45, 7) is 2.05. The largest absolute Gasteiger partial charge is 0.319 e. The first-order valence-electron chi connectivity index (χ1n) is 7.49. The van der Waals surface area contributed by atoms with Gasteiger partial charge in [0, 0.05) is 28.9 Å². The van der Waals surface area contributed by atoms with Gasteiger partial charge < -0.3 is 5.73 Å². The molecule has 2 N–H and O–H groups in total. The first kappa shape index (κ1) is 16.2. The van der Waals surface area contributed by atoms with Crippen LogP contribution < -0.4 is 5.73 Å². The molecule has 0 amide bonds. The number of nitrogens with two attached hydrogens (primary N) is 1. The summed E-state index contributed by atoms with van der Waals surface area (Å²) >= 11 is 1.47. The van der Waals surface area contributed by atoms with Crippen LogP contribution in [-0.2, 0) is 6.42 Å². The highest BCUT2D eigenvalue weighted by Crippen LogP contribution is 2.31. The molecule has 7 heteroatoms. The van der Waals surface area contributed by atoms with Crippen LogP contribution in [0.5, 0.6) is 0 Å². The van der Waals surface area contributed by atoms with Gasteiger partial charge in [-0.3, -0.25) is 15.1 Å². The monoisotopic (exact) mass is 340 g/mol. The molecule has 0 radical (unpaired) electrons. The van der Waals surface area contributed by atoms with E-state index in [-0.39, 0.29) is 5.69 Å². The lowest BCUT2D eigenvalue weighted by Crippen LogP contribution is -2.14. The number of nitro benzene ring substituents is 1. The summed E-state index contributed by atoms with van der Waals surface area (Å²) in [5, 5.41) is 13.9. The van der Waals surface area contributed by atoms with Gasteiger partial charge in [0.1, 0.15) is 5.01 Å². The highest BCUT2D eigenvalue weighted by atomic mass is 32.1. The van der Waals surface area contributed by atoms with E-state index >= 15 is 0 Å². The van der Waals surface area contributed by atoms with Gasteiger partial charge in [-0.2, -0.15) is 0 Å². The van der Waals surface area contributed by atoms with E-state index in [1.165, 1.54) is 17.4 Å². The lowest BCUT2D eigenvalue weighted by molar-refractivity contribution is -0.385. The van der Waals surface area contributed by atoms with Crippen LogP contribution in [-0.4, -0.2) is 14.9 Å². The number of nitrogens with zero attached hydrogens (tertiary/aromatic N) is 3. The molecule has 0 saturated heterocycles. The number of benzene rings is 1. The summed E-state index contributed by atoms with van der Waals surface area (Å²) in [7, 11) is 0. The molecule has 122 valence electrons. The lowest BCUT2D eigenvalue weighted by Gasteiger charge is -2.09. The van der Waals surface area contributed by atoms with E-state index in [2.05, 4.69) is 9.97 Å². The average Bonchev–Trinajstić information content (AvgIpc) is 3.11. The number of hydrogen-bond donors (Lipinski definition) is 1. The van der Waals surface area contributed by atoms with Crippen molar-refractivity contribution in [2.75, 3.05) is 0 Å². The maximum atomic E-state index is 11.2. The summed E-state index contributed by atoms with van der Waals surface area (Å²) in [5.74, 6) is 0. The molecule has 2 aromatic heterocycles. The molecule has 1 unspecified atom stereocenters. The van der Waals surface area contributed by atoms with Gasteiger partial charge in [0.15, 0.2) is 0 Å². The molecule has 24 heavy (non-hydrogen) atoms. The summed E-state index contributed by atoms with van der Waals surface area (Å²) in [5.41, 5.74) is 9.30. The number of nitro groups is 1. The predicted molar refractivity (Wildman–Crippen MR) is 93.8 cm³/mol. The summed E-state index contributed by atoms with van der Waals surface area (Å²) < 4.78 is 0. The smallest absolute Gasteiger partial charge is 0.274 e. The zero-order valence-electron chi connectivity index (χ0n) is 13.0. The van der Waals surface area contributed by atoms with Crippen molar-refractivity contribution in [2.45, 2.75) is 19.4 Å². The van der Waals surface area contributed by atoms with Gasteiger partial charge in [-0.15, -0.1) is 11.3 Å². The standard InChI is InChI=1S/C17H16N4O2S/c1-2-12-9-11(7-8-19-12)17-20-14(10-24-17)16(18)13-5-3-4-6-15(13)21(22)23/h3-10,16H,2,18H2,1H3. The van der Waals surface area contributed by atoms with Crippen molar-refractivity contribution in [1.29, 1.82) is 0 Å². The molecule has 2 heterocycles. The molecule has 3 rings (SSSR count). The number of hydrogen-bond acceptors (Lipinski definition) is 6. The minimum atomic E-state index is -0.635. The molecule has 0 bridgehead atoms. The molecule has 0 aliphatic heterocycles. The Hall–Kier alpha value is -2.64. The quantitative estimate of drug-likeness (QED) is 0.564. The maximum Gasteiger partial charge on any atom is 0.274 e. The SMILES string of the molecule is CCc1cc(-c2nc(C(N)c3ccccc3[N+](=O)[O-])cs2)ccn1. The number of thiazole rings is 1. The molecule has 0 fully saturated rings. The molecule has 3 aromatic rings. The van der Waals surface area contributed by atoms with E-state index in [4.69, 9.17) is 5.73 Å². The van der Waals surface area contributed by atoms with Crippen LogP contribution in [0.2, 0.25) is 0 Å². The fourth-order valence-electron chi connectivity index (χ4n) is 2.44. The molecular weight excluding hydrogens is 324 g/mol. The Morgan fingerprint density at radius 3 is 2.88 bits per heavy atom. The number of para-hydroxylation sites is 1. The minimum absolute atomic E-state index is 0.0109. The van der Waals surface area contributed by atoms with Crippen molar-refractivity contribution in [2.24, 2.45) is 5.73 Å². The molecule has 0 saturated carbocycles. The van der Waals surface area contributed by atoms with Gasteiger partial charge in [-0.05, 0) is 18.6 Å². The molecule has 1 atom stereocenters. The third-order valence-corrected chi connectivity index (χ3v) is 4.64. The Balaban J connectivity index is 1.94. The minimum Gasteiger partial charge on any atom is -0.319 e. The predicted octanol–water partition coefficient (Wildman–Crippen LogP) is 3.72. The molecule has 0 spiro atoms. The van der Waals surface area contributed by atoms with Crippen LogP contribution >= 0.6 is 11.3 Å². The first-order valence-corrected chi connectivity index (χ1v) is 8.37. The Bertz CT molecular complexity index is 878. The Morgan fingerprint density at radius 1 is 1.33 bits per heavy atom. The fourth-order valence-corrected chi connectivity index (χ4v) is 3.30. The second-order valence-electron chi connectivity index (χ2n) is 5.26. The van der Waals surface area contributed by atoms with Gasteiger partial charge in [0.2, 0.25) is 0 Å².